The average molecular weight is 294 g/mol. The zero-order valence-corrected chi connectivity index (χ0v) is 13.3. The predicted molar refractivity (Wildman–Crippen MR) is 87.0 cm³/mol. The molecular formula is C15H26N4S. The lowest BCUT2D eigenvalue weighted by Crippen LogP contribution is -2.47. The van der Waals surface area contributed by atoms with Gasteiger partial charge in [-0.05, 0) is 24.3 Å². The number of aliphatic imine (C=N–C) groups is 1. The van der Waals surface area contributed by atoms with E-state index in [1.807, 2.05) is 0 Å². The molecule has 0 spiro atoms. The number of thiophene rings is 1. The van der Waals surface area contributed by atoms with Crippen LogP contribution >= 0.6 is 11.3 Å². The Morgan fingerprint density at radius 3 is 2.75 bits per heavy atom. The highest BCUT2D eigenvalue weighted by Gasteiger charge is 2.22. The first-order valence-corrected chi connectivity index (χ1v) is 8.31. The van der Waals surface area contributed by atoms with Gasteiger partial charge in [-0.1, -0.05) is 39.2 Å². The van der Waals surface area contributed by atoms with E-state index in [0.717, 1.165) is 12.5 Å². The molecule has 112 valence electrons. The fourth-order valence-corrected chi connectivity index (χ4v) is 3.44. The molecule has 1 saturated carbocycles. The molecule has 1 aromatic heterocycles. The molecule has 4 N–H and O–H groups in total. The summed E-state index contributed by atoms with van der Waals surface area (Å²) >= 11 is 1.78. The Bertz CT molecular complexity index is 419. The van der Waals surface area contributed by atoms with Gasteiger partial charge < -0.3 is 5.32 Å². The summed E-state index contributed by atoms with van der Waals surface area (Å²) < 4.78 is 0. The summed E-state index contributed by atoms with van der Waals surface area (Å²) in [7, 11) is 0. The van der Waals surface area contributed by atoms with Gasteiger partial charge in [0.05, 0.1) is 6.54 Å². The molecule has 0 atom stereocenters. The third-order valence-electron chi connectivity index (χ3n) is 3.90. The maximum absolute atomic E-state index is 5.60. The van der Waals surface area contributed by atoms with E-state index in [4.69, 9.17) is 5.84 Å². The highest BCUT2D eigenvalue weighted by atomic mass is 32.1. The minimum absolute atomic E-state index is 0.0461. The molecule has 0 amide bonds. The van der Waals surface area contributed by atoms with Gasteiger partial charge >= 0.3 is 0 Å². The van der Waals surface area contributed by atoms with Crippen molar-refractivity contribution in [2.24, 2.45) is 10.8 Å². The molecule has 1 heterocycles. The second kappa shape index (κ2) is 7.09. The third kappa shape index (κ3) is 4.21. The van der Waals surface area contributed by atoms with Crippen LogP contribution in [0.4, 0.5) is 0 Å². The maximum Gasteiger partial charge on any atom is 0.205 e. The Balaban J connectivity index is 1.93. The van der Waals surface area contributed by atoms with Crippen LogP contribution in [0.15, 0.2) is 22.5 Å². The monoisotopic (exact) mass is 294 g/mol. The number of rotatable bonds is 4. The maximum atomic E-state index is 5.60. The van der Waals surface area contributed by atoms with Crippen molar-refractivity contribution < 1.29 is 0 Å². The van der Waals surface area contributed by atoms with Crippen molar-refractivity contribution in [3.05, 3.63) is 22.4 Å². The molecule has 1 aliphatic carbocycles. The van der Waals surface area contributed by atoms with E-state index in [1.165, 1.54) is 37.0 Å². The molecule has 0 aromatic carbocycles. The lowest BCUT2D eigenvalue weighted by atomic mass is 9.92. The summed E-state index contributed by atoms with van der Waals surface area (Å²) in [4.78, 5) is 6.00. The SMILES string of the molecule is CC(C)(CN=C(NN)NC1CCCCC1)c1cccs1. The Kier molecular flexibility index (Phi) is 5.43. The topological polar surface area (TPSA) is 62.4 Å². The summed E-state index contributed by atoms with van der Waals surface area (Å²) in [5.41, 5.74) is 2.76. The molecule has 1 fully saturated rings. The van der Waals surface area contributed by atoms with Crippen molar-refractivity contribution >= 4 is 17.3 Å². The molecule has 0 saturated heterocycles. The highest BCUT2D eigenvalue weighted by molar-refractivity contribution is 7.10. The largest absolute Gasteiger partial charge is 0.353 e. The molecule has 2 rings (SSSR count). The van der Waals surface area contributed by atoms with E-state index in [-0.39, 0.29) is 5.41 Å². The van der Waals surface area contributed by atoms with Gasteiger partial charge in [-0.25, -0.2) is 5.84 Å². The summed E-state index contributed by atoms with van der Waals surface area (Å²) in [5, 5.41) is 5.56. The Labute approximate surface area is 125 Å². The van der Waals surface area contributed by atoms with Crippen molar-refractivity contribution in [1.82, 2.24) is 10.7 Å². The van der Waals surface area contributed by atoms with E-state index < -0.39 is 0 Å². The van der Waals surface area contributed by atoms with Crippen molar-refractivity contribution in [1.29, 1.82) is 0 Å². The first kappa shape index (κ1) is 15.3. The number of hydrogen-bond acceptors (Lipinski definition) is 3. The van der Waals surface area contributed by atoms with Crippen molar-refractivity contribution in [2.45, 2.75) is 57.4 Å². The molecule has 0 unspecified atom stereocenters. The fourth-order valence-electron chi connectivity index (χ4n) is 2.59. The van der Waals surface area contributed by atoms with E-state index in [0.29, 0.717) is 6.04 Å². The summed E-state index contributed by atoms with van der Waals surface area (Å²) in [6.07, 6.45) is 6.39. The zero-order chi connectivity index (χ0) is 14.4. The predicted octanol–water partition coefficient (Wildman–Crippen LogP) is 2.77. The van der Waals surface area contributed by atoms with Gasteiger partial charge in [-0.2, -0.15) is 0 Å². The van der Waals surface area contributed by atoms with Crippen LogP contribution in [0.5, 0.6) is 0 Å². The number of hydrogen-bond donors (Lipinski definition) is 3. The molecule has 0 bridgehead atoms. The van der Waals surface area contributed by atoms with Crippen LogP contribution in [-0.4, -0.2) is 18.5 Å². The van der Waals surface area contributed by atoms with Gasteiger partial charge in [0.25, 0.3) is 0 Å². The van der Waals surface area contributed by atoms with Gasteiger partial charge in [0.1, 0.15) is 0 Å². The normalized spacial score (nSPS) is 18.1. The van der Waals surface area contributed by atoms with Gasteiger partial charge in [-0.15, -0.1) is 11.3 Å². The third-order valence-corrected chi connectivity index (χ3v) is 5.14. The lowest BCUT2D eigenvalue weighted by Gasteiger charge is -2.25. The van der Waals surface area contributed by atoms with Crippen LogP contribution in [0, 0.1) is 0 Å². The van der Waals surface area contributed by atoms with Crippen molar-refractivity contribution in [3.8, 4) is 0 Å². The molecular weight excluding hydrogens is 268 g/mol. The van der Waals surface area contributed by atoms with Gasteiger partial charge in [-0.3, -0.25) is 10.4 Å². The second-order valence-electron chi connectivity index (χ2n) is 6.15. The molecule has 5 heteroatoms. The fraction of sp³-hybridized carbons (Fsp3) is 0.667. The molecule has 0 aliphatic heterocycles. The molecule has 0 radical (unpaired) electrons. The molecule has 20 heavy (non-hydrogen) atoms. The number of hydrazine groups is 1. The summed E-state index contributed by atoms with van der Waals surface area (Å²) in [5.74, 6) is 6.32. The first-order chi connectivity index (χ1) is 9.62. The van der Waals surface area contributed by atoms with Crippen LogP contribution in [-0.2, 0) is 5.41 Å². The molecule has 1 aliphatic rings. The van der Waals surface area contributed by atoms with Crippen LogP contribution in [0.1, 0.15) is 50.8 Å². The number of nitrogens with zero attached hydrogens (tertiary/aromatic N) is 1. The minimum Gasteiger partial charge on any atom is -0.353 e. The standard InChI is InChI=1S/C15H26N4S/c1-15(2,13-9-6-10-20-13)11-17-14(19-16)18-12-7-4-3-5-8-12/h6,9-10,12H,3-5,7-8,11,16H2,1-2H3,(H2,17,18,19). The van der Waals surface area contributed by atoms with Crippen molar-refractivity contribution in [3.63, 3.8) is 0 Å². The summed E-state index contributed by atoms with van der Waals surface area (Å²) in [6, 6.07) is 4.78. The zero-order valence-electron chi connectivity index (χ0n) is 12.5. The highest BCUT2D eigenvalue weighted by Crippen LogP contribution is 2.27. The molecule has 4 nitrogen and oxygen atoms in total. The smallest absolute Gasteiger partial charge is 0.205 e. The van der Waals surface area contributed by atoms with Crippen LogP contribution in [0.3, 0.4) is 0 Å². The van der Waals surface area contributed by atoms with Gasteiger partial charge in [0, 0.05) is 16.3 Å². The Hall–Kier alpha value is -1.07. The van der Waals surface area contributed by atoms with Gasteiger partial charge in [0.15, 0.2) is 0 Å². The minimum atomic E-state index is 0.0461. The van der Waals surface area contributed by atoms with E-state index >= 15 is 0 Å². The van der Waals surface area contributed by atoms with E-state index in [2.05, 4.69) is 47.1 Å². The van der Waals surface area contributed by atoms with E-state index in [1.54, 1.807) is 11.3 Å². The molecule has 1 aromatic rings. The second-order valence-corrected chi connectivity index (χ2v) is 7.10. The van der Waals surface area contributed by atoms with Crippen LogP contribution < -0.4 is 16.6 Å². The Morgan fingerprint density at radius 1 is 1.40 bits per heavy atom. The van der Waals surface area contributed by atoms with Crippen molar-refractivity contribution in [2.75, 3.05) is 6.54 Å². The van der Waals surface area contributed by atoms with Crippen LogP contribution in [0.2, 0.25) is 0 Å². The number of guanidine groups is 1. The van der Waals surface area contributed by atoms with Crippen LogP contribution in [0.25, 0.3) is 0 Å². The Morgan fingerprint density at radius 2 is 2.15 bits per heavy atom. The first-order valence-electron chi connectivity index (χ1n) is 7.43. The van der Waals surface area contributed by atoms with Gasteiger partial charge in [0.2, 0.25) is 5.96 Å². The van der Waals surface area contributed by atoms with E-state index in [9.17, 15) is 0 Å². The number of nitrogens with one attached hydrogen (secondary N) is 2. The quantitative estimate of drug-likeness (QED) is 0.346. The number of nitrogens with two attached hydrogens (primary N) is 1. The lowest BCUT2D eigenvalue weighted by molar-refractivity contribution is 0.409. The average Bonchev–Trinajstić information content (AvgIpc) is 2.99. The summed E-state index contributed by atoms with van der Waals surface area (Å²) in [6.45, 7) is 5.17.